The molecule has 0 bridgehead atoms. The fourth-order valence-corrected chi connectivity index (χ4v) is 3.74. The van der Waals surface area contributed by atoms with Gasteiger partial charge in [0, 0.05) is 34.0 Å². The molecule has 1 aliphatic rings. The Morgan fingerprint density at radius 3 is 3.09 bits per heavy atom. The molecule has 1 aromatic carbocycles. The lowest BCUT2D eigenvalue weighted by molar-refractivity contribution is -0.108. The van der Waals surface area contributed by atoms with Crippen LogP contribution < -0.4 is 0 Å². The Morgan fingerprint density at radius 2 is 2.35 bits per heavy atom. The molecule has 6 heteroatoms. The zero-order valence-electron chi connectivity index (χ0n) is 13.0. The summed E-state index contributed by atoms with van der Waals surface area (Å²) in [6.45, 7) is 0.633. The lowest BCUT2D eigenvalue weighted by Crippen LogP contribution is -2.40. The van der Waals surface area contributed by atoms with Crippen molar-refractivity contribution in [2.24, 2.45) is 0 Å². The van der Waals surface area contributed by atoms with Crippen molar-refractivity contribution in [1.29, 1.82) is 0 Å². The first-order chi connectivity index (χ1) is 11.2. The smallest absolute Gasteiger partial charge is 0.410 e. The highest BCUT2D eigenvalue weighted by atomic mass is 79.9. The van der Waals surface area contributed by atoms with Crippen LogP contribution in [-0.2, 0) is 16.0 Å². The number of carbonyl (C=O) groups is 2. The molecule has 2 aromatic rings. The molecule has 2 heterocycles. The summed E-state index contributed by atoms with van der Waals surface area (Å²) in [5.41, 5.74) is 3.40. The van der Waals surface area contributed by atoms with Gasteiger partial charge in [0.2, 0.25) is 0 Å². The molecule has 1 aliphatic heterocycles. The SMILES string of the molecule is COC(=O)N1CCc2c([nH]c3cc(Br)ccc23)[C@H]1CCCC=O. The third-order valence-corrected chi connectivity index (χ3v) is 4.92. The van der Waals surface area contributed by atoms with E-state index in [1.54, 1.807) is 4.90 Å². The molecule has 0 saturated heterocycles. The summed E-state index contributed by atoms with van der Waals surface area (Å²) in [4.78, 5) is 28.0. The molecule has 0 unspecified atom stereocenters. The summed E-state index contributed by atoms with van der Waals surface area (Å²) in [5.74, 6) is 0. The maximum Gasteiger partial charge on any atom is 0.410 e. The summed E-state index contributed by atoms with van der Waals surface area (Å²) >= 11 is 3.49. The number of hydrogen-bond acceptors (Lipinski definition) is 3. The number of H-pyrrole nitrogens is 1. The van der Waals surface area contributed by atoms with Gasteiger partial charge in [-0.25, -0.2) is 4.79 Å². The van der Waals surface area contributed by atoms with E-state index in [-0.39, 0.29) is 12.1 Å². The minimum atomic E-state index is -0.313. The number of nitrogens with one attached hydrogen (secondary N) is 1. The first-order valence-corrected chi connectivity index (χ1v) is 8.53. The van der Waals surface area contributed by atoms with Gasteiger partial charge in [0.1, 0.15) is 6.29 Å². The zero-order valence-corrected chi connectivity index (χ0v) is 14.6. The molecule has 122 valence electrons. The Kier molecular flexibility index (Phi) is 4.71. The summed E-state index contributed by atoms with van der Waals surface area (Å²) < 4.78 is 5.95. The van der Waals surface area contributed by atoms with Crippen molar-refractivity contribution in [2.75, 3.05) is 13.7 Å². The van der Waals surface area contributed by atoms with Crippen LogP contribution in [0, 0.1) is 0 Å². The molecule has 1 amide bonds. The number of methoxy groups -OCH3 is 1. The molecular formula is C17H19BrN2O3. The zero-order chi connectivity index (χ0) is 16.4. The van der Waals surface area contributed by atoms with Crippen LogP contribution in [0.1, 0.15) is 36.6 Å². The number of carbonyl (C=O) groups excluding carboxylic acids is 2. The van der Waals surface area contributed by atoms with Gasteiger partial charge in [0.15, 0.2) is 0 Å². The van der Waals surface area contributed by atoms with Crippen LogP contribution in [-0.4, -0.2) is 35.9 Å². The maximum atomic E-state index is 12.1. The van der Waals surface area contributed by atoms with Gasteiger partial charge < -0.3 is 14.5 Å². The van der Waals surface area contributed by atoms with E-state index in [1.165, 1.54) is 18.1 Å². The quantitative estimate of drug-likeness (QED) is 0.646. The number of hydrogen-bond donors (Lipinski definition) is 1. The topological polar surface area (TPSA) is 62.4 Å². The molecule has 0 saturated carbocycles. The minimum absolute atomic E-state index is 0.0719. The number of benzene rings is 1. The Balaban J connectivity index is 2.01. The molecule has 0 radical (unpaired) electrons. The first-order valence-electron chi connectivity index (χ1n) is 7.74. The van der Waals surface area contributed by atoms with Gasteiger partial charge in [0.05, 0.1) is 13.2 Å². The number of unbranched alkanes of at least 4 members (excludes halogenated alkanes) is 1. The number of aromatic amines is 1. The van der Waals surface area contributed by atoms with Crippen molar-refractivity contribution in [3.63, 3.8) is 0 Å². The van der Waals surface area contributed by atoms with Crippen molar-refractivity contribution >= 4 is 39.2 Å². The van der Waals surface area contributed by atoms with Crippen molar-refractivity contribution in [2.45, 2.75) is 31.7 Å². The fraction of sp³-hybridized carbons (Fsp3) is 0.412. The van der Waals surface area contributed by atoms with E-state index < -0.39 is 0 Å². The lowest BCUT2D eigenvalue weighted by Gasteiger charge is -2.34. The fourth-order valence-electron chi connectivity index (χ4n) is 3.38. The Morgan fingerprint density at radius 1 is 1.52 bits per heavy atom. The van der Waals surface area contributed by atoms with E-state index in [0.29, 0.717) is 13.0 Å². The average Bonchev–Trinajstić information content (AvgIpc) is 2.92. The van der Waals surface area contributed by atoms with E-state index in [9.17, 15) is 9.59 Å². The number of aldehydes is 1. The van der Waals surface area contributed by atoms with E-state index in [4.69, 9.17) is 4.74 Å². The molecule has 23 heavy (non-hydrogen) atoms. The van der Waals surface area contributed by atoms with Gasteiger partial charge in [0.25, 0.3) is 0 Å². The van der Waals surface area contributed by atoms with Crippen LogP contribution in [0.3, 0.4) is 0 Å². The number of nitrogens with zero attached hydrogens (tertiary/aromatic N) is 1. The van der Waals surface area contributed by atoms with Crippen LogP contribution >= 0.6 is 15.9 Å². The molecular weight excluding hydrogens is 360 g/mol. The van der Waals surface area contributed by atoms with E-state index >= 15 is 0 Å². The standard InChI is InChI=1S/C17H19BrN2O3/c1-23-17(22)20-8-7-13-12-6-5-11(18)10-14(12)19-16(13)15(20)4-2-3-9-21/h5-6,9-10,15,19H,2-4,7-8H2,1H3/t15-/m1/s1. The number of halogens is 1. The summed E-state index contributed by atoms with van der Waals surface area (Å²) in [6, 6.07) is 6.12. The molecule has 5 nitrogen and oxygen atoms in total. The van der Waals surface area contributed by atoms with Gasteiger partial charge in [-0.15, -0.1) is 0 Å². The van der Waals surface area contributed by atoms with Gasteiger partial charge >= 0.3 is 6.09 Å². The molecule has 1 N–H and O–H groups in total. The Bertz CT molecular complexity index is 741. The number of amides is 1. The normalized spacial score (nSPS) is 17.1. The van der Waals surface area contributed by atoms with Gasteiger partial charge in [-0.3, -0.25) is 4.90 Å². The second-order valence-corrected chi connectivity index (χ2v) is 6.65. The number of ether oxygens (including phenoxy) is 1. The molecule has 0 aliphatic carbocycles. The minimum Gasteiger partial charge on any atom is -0.453 e. The van der Waals surface area contributed by atoms with Crippen LogP contribution in [0.15, 0.2) is 22.7 Å². The summed E-state index contributed by atoms with van der Waals surface area (Å²) in [5, 5.41) is 1.20. The largest absolute Gasteiger partial charge is 0.453 e. The molecule has 1 atom stereocenters. The highest BCUT2D eigenvalue weighted by Gasteiger charge is 2.33. The number of rotatable bonds is 4. The summed E-state index contributed by atoms with van der Waals surface area (Å²) in [7, 11) is 1.41. The average molecular weight is 379 g/mol. The van der Waals surface area contributed by atoms with Gasteiger partial charge in [-0.1, -0.05) is 22.0 Å². The van der Waals surface area contributed by atoms with E-state index in [2.05, 4.69) is 33.0 Å². The Hall–Kier alpha value is -1.82. The second-order valence-electron chi connectivity index (χ2n) is 5.73. The maximum absolute atomic E-state index is 12.1. The highest BCUT2D eigenvalue weighted by Crippen LogP contribution is 2.38. The van der Waals surface area contributed by atoms with E-state index in [1.807, 2.05) is 6.07 Å². The van der Waals surface area contributed by atoms with Gasteiger partial charge in [-0.2, -0.15) is 0 Å². The van der Waals surface area contributed by atoms with Crippen molar-refractivity contribution in [3.8, 4) is 0 Å². The van der Waals surface area contributed by atoms with Crippen molar-refractivity contribution < 1.29 is 14.3 Å². The third-order valence-electron chi connectivity index (χ3n) is 4.42. The molecule has 1 aromatic heterocycles. The predicted molar refractivity (Wildman–Crippen MR) is 91.5 cm³/mol. The number of aromatic nitrogens is 1. The van der Waals surface area contributed by atoms with Crippen LogP contribution in [0.5, 0.6) is 0 Å². The van der Waals surface area contributed by atoms with E-state index in [0.717, 1.165) is 41.2 Å². The third kappa shape index (κ3) is 3.00. The Labute approximate surface area is 143 Å². The van der Waals surface area contributed by atoms with Crippen molar-refractivity contribution in [3.05, 3.63) is 33.9 Å². The highest BCUT2D eigenvalue weighted by molar-refractivity contribution is 9.10. The second kappa shape index (κ2) is 6.74. The molecule has 3 rings (SSSR count). The van der Waals surface area contributed by atoms with Crippen LogP contribution in [0.25, 0.3) is 10.9 Å². The van der Waals surface area contributed by atoms with Gasteiger partial charge in [-0.05, 0) is 37.0 Å². The lowest BCUT2D eigenvalue weighted by atomic mass is 9.94. The predicted octanol–water partition coefficient (Wildman–Crippen LogP) is 3.97. The van der Waals surface area contributed by atoms with Crippen LogP contribution in [0.2, 0.25) is 0 Å². The monoisotopic (exact) mass is 378 g/mol. The molecule has 0 fully saturated rings. The van der Waals surface area contributed by atoms with Crippen molar-refractivity contribution in [1.82, 2.24) is 9.88 Å². The number of fused-ring (bicyclic) bond motifs is 3. The summed E-state index contributed by atoms with van der Waals surface area (Å²) in [6.07, 6.45) is 3.42. The molecule has 0 spiro atoms. The van der Waals surface area contributed by atoms with Crippen LogP contribution in [0.4, 0.5) is 4.79 Å². The first kappa shape index (κ1) is 16.1.